The zero-order chi connectivity index (χ0) is 13.8. The van der Waals surface area contributed by atoms with Crippen LogP contribution >= 0.6 is 0 Å². The molecule has 0 fully saturated rings. The van der Waals surface area contributed by atoms with Crippen molar-refractivity contribution in [2.45, 2.75) is 0 Å². The lowest BCUT2D eigenvalue weighted by Gasteiger charge is -2.11. The number of nitrogen functional groups attached to an aromatic ring is 1. The Kier molecular flexibility index (Phi) is 3.56. The second-order valence-corrected chi connectivity index (χ2v) is 3.98. The minimum Gasteiger partial charge on any atom is -0.497 e. The Morgan fingerprint density at radius 1 is 1.16 bits per heavy atom. The predicted octanol–water partition coefficient (Wildman–Crippen LogP) is 2.12. The van der Waals surface area contributed by atoms with Crippen molar-refractivity contribution in [3.8, 4) is 5.75 Å². The largest absolute Gasteiger partial charge is 0.497 e. The fourth-order valence-electron chi connectivity index (χ4n) is 1.72. The van der Waals surface area contributed by atoms with Gasteiger partial charge in [0.25, 0.3) is 5.91 Å². The molecule has 19 heavy (non-hydrogen) atoms. The lowest BCUT2D eigenvalue weighted by molar-refractivity contribution is 0.100. The second-order valence-electron chi connectivity index (χ2n) is 3.98. The van der Waals surface area contributed by atoms with Crippen molar-refractivity contribution in [1.82, 2.24) is 0 Å². The highest BCUT2D eigenvalue weighted by atomic mass is 16.5. The van der Waals surface area contributed by atoms with Gasteiger partial charge in [-0.25, -0.2) is 0 Å². The number of carbonyl (C=O) groups excluding carboxylic acids is 1. The van der Waals surface area contributed by atoms with Crippen LogP contribution in [-0.4, -0.2) is 13.0 Å². The number of primary amides is 1. The van der Waals surface area contributed by atoms with Crippen molar-refractivity contribution < 1.29 is 9.53 Å². The van der Waals surface area contributed by atoms with Gasteiger partial charge in [0.15, 0.2) is 0 Å². The minimum absolute atomic E-state index is 0.304. The van der Waals surface area contributed by atoms with Gasteiger partial charge in [0.2, 0.25) is 0 Å². The number of benzene rings is 2. The van der Waals surface area contributed by atoms with Crippen LogP contribution in [0.5, 0.6) is 5.75 Å². The van der Waals surface area contributed by atoms with Crippen molar-refractivity contribution in [3.05, 3.63) is 48.0 Å². The molecule has 0 aliphatic carbocycles. The van der Waals surface area contributed by atoms with Crippen LogP contribution in [0, 0.1) is 0 Å². The fraction of sp³-hybridized carbons (Fsp3) is 0.0714. The molecule has 0 saturated carbocycles. The summed E-state index contributed by atoms with van der Waals surface area (Å²) >= 11 is 0. The summed E-state index contributed by atoms with van der Waals surface area (Å²) < 4.78 is 5.08. The van der Waals surface area contributed by atoms with E-state index >= 15 is 0 Å². The smallest absolute Gasteiger partial charge is 0.250 e. The van der Waals surface area contributed by atoms with Crippen molar-refractivity contribution in [1.29, 1.82) is 0 Å². The number of hydrogen-bond donors (Lipinski definition) is 3. The van der Waals surface area contributed by atoms with Gasteiger partial charge in [-0.2, -0.15) is 0 Å². The van der Waals surface area contributed by atoms with E-state index in [0.29, 0.717) is 16.9 Å². The molecular weight excluding hydrogens is 242 g/mol. The molecule has 0 heterocycles. The Bertz CT molecular complexity index is 594. The number of methoxy groups -OCH3 is 1. The average molecular weight is 257 g/mol. The molecule has 0 spiro atoms. The third-order valence-corrected chi connectivity index (χ3v) is 2.74. The number of para-hydroxylation sites is 1. The van der Waals surface area contributed by atoms with E-state index in [1.807, 2.05) is 24.3 Å². The zero-order valence-electron chi connectivity index (χ0n) is 10.5. The van der Waals surface area contributed by atoms with Gasteiger partial charge in [0.05, 0.1) is 24.0 Å². The molecule has 0 saturated heterocycles. The second kappa shape index (κ2) is 5.30. The summed E-state index contributed by atoms with van der Waals surface area (Å²) in [5.41, 5.74) is 13.3. The Balaban J connectivity index is 2.27. The number of carbonyl (C=O) groups is 1. The maximum atomic E-state index is 11.2. The number of nitrogens with two attached hydrogens (primary N) is 2. The molecule has 2 rings (SSSR count). The maximum Gasteiger partial charge on any atom is 0.250 e. The van der Waals surface area contributed by atoms with E-state index in [2.05, 4.69) is 5.32 Å². The first kappa shape index (κ1) is 12.8. The Labute approximate surface area is 111 Å². The minimum atomic E-state index is -0.545. The van der Waals surface area contributed by atoms with E-state index < -0.39 is 5.91 Å². The summed E-state index contributed by atoms with van der Waals surface area (Å²) in [4.78, 5) is 11.2. The lowest BCUT2D eigenvalue weighted by Crippen LogP contribution is -2.14. The molecule has 0 aromatic heterocycles. The third-order valence-electron chi connectivity index (χ3n) is 2.74. The van der Waals surface area contributed by atoms with Crippen molar-refractivity contribution >= 4 is 23.0 Å². The molecular formula is C14H15N3O2. The molecule has 98 valence electrons. The number of anilines is 3. The summed E-state index contributed by atoms with van der Waals surface area (Å²) in [6.07, 6.45) is 0. The van der Waals surface area contributed by atoms with Crippen LogP contribution < -0.4 is 21.5 Å². The van der Waals surface area contributed by atoms with Crippen LogP contribution in [-0.2, 0) is 0 Å². The van der Waals surface area contributed by atoms with Crippen molar-refractivity contribution in [2.24, 2.45) is 5.73 Å². The highest BCUT2D eigenvalue weighted by molar-refractivity contribution is 6.01. The normalized spacial score (nSPS) is 9.95. The van der Waals surface area contributed by atoms with E-state index in [0.717, 1.165) is 11.4 Å². The van der Waals surface area contributed by atoms with E-state index in [1.54, 1.807) is 25.3 Å². The third kappa shape index (κ3) is 2.77. The van der Waals surface area contributed by atoms with Crippen LogP contribution in [0.4, 0.5) is 17.1 Å². The molecule has 0 atom stereocenters. The molecule has 1 amide bonds. The Morgan fingerprint density at radius 2 is 1.84 bits per heavy atom. The van der Waals surface area contributed by atoms with Crippen LogP contribution in [0.3, 0.4) is 0 Å². The number of ether oxygens (including phenoxy) is 1. The number of amides is 1. The molecule has 0 aliphatic heterocycles. The van der Waals surface area contributed by atoms with Crippen LogP contribution in [0.1, 0.15) is 10.4 Å². The monoisotopic (exact) mass is 257 g/mol. The summed E-state index contributed by atoms with van der Waals surface area (Å²) in [7, 11) is 1.61. The van der Waals surface area contributed by atoms with Gasteiger partial charge in [0, 0.05) is 5.69 Å². The fourth-order valence-corrected chi connectivity index (χ4v) is 1.72. The molecule has 5 nitrogen and oxygen atoms in total. The highest BCUT2D eigenvalue weighted by Crippen LogP contribution is 2.26. The van der Waals surface area contributed by atoms with Crippen LogP contribution in [0.25, 0.3) is 0 Å². The molecule has 2 aromatic carbocycles. The summed E-state index contributed by atoms with van der Waals surface area (Å²) in [6, 6.07) is 12.5. The number of hydrogen-bond acceptors (Lipinski definition) is 4. The van der Waals surface area contributed by atoms with Crippen molar-refractivity contribution in [2.75, 3.05) is 18.2 Å². The van der Waals surface area contributed by atoms with Gasteiger partial charge in [-0.3, -0.25) is 4.79 Å². The number of rotatable bonds is 4. The molecule has 0 aliphatic rings. The summed E-state index contributed by atoms with van der Waals surface area (Å²) in [5.74, 6) is 0.222. The average Bonchev–Trinajstić information content (AvgIpc) is 2.41. The first-order valence-electron chi connectivity index (χ1n) is 5.71. The van der Waals surface area contributed by atoms with Crippen LogP contribution in [0.2, 0.25) is 0 Å². The van der Waals surface area contributed by atoms with Gasteiger partial charge in [-0.05, 0) is 36.4 Å². The van der Waals surface area contributed by atoms with Crippen molar-refractivity contribution in [3.63, 3.8) is 0 Å². The first-order chi connectivity index (χ1) is 9.11. The maximum absolute atomic E-state index is 11.2. The number of nitrogens with one attached hydrogen (secondary N) is 1. The standard InChI is InChI=1S/C14H15N3O2/c1-19-10-7-5-9(6-8-10)17-12-4-2-3-11(13(12)15)14(16)18/h2-8,17H,15H2,1H3,(H2,16,18). The van der Waals surface area contributed by atoms with E-state index in [1.165, 1.54) is 0 Å². The molecule has 0 bridgehead atoms. The van der Waals surface area contributed by atoms with Crippen LogP contribution in [0.15, 0.2) is 42.5 Å². The Hall–Kier alpha value is -2.69. The topological polar surface area (TPSA) is 90.4 Å². The molecule has 5 N–H and O–H groups in total. The molecule has 0 radical (unpaired) electrons. The van der Waals surface area contributed by atoms with Gasteiger partial charge in [-0.1, -0.05) is 6.07 Å². The first-order valence-corrected chi connectivity index (χ1v) is 5.71. The highest BCUT2D eigenvalue weighted by Gasteiger charge is 2.09. The van der Waals surface area contributed by atoms with E-state index in [-0.39, 0.29) is 0 Å². The molecule has 5 heteroatoms. The molecule has 2 aromatic rings. The van der Waals surface area contributed by atoms with E-state index in [9.17, 15) is 4.79 Å². The van der Waals surface area contributed by atoms with Gasteiger partial charge in [0.1, 0.15) is 5.75 Å². The SMILES string of the molecule is COc1ccc(Nc2cccc(C(N)=O)c2N)cc1. The lowest BCUT2D eigenvalue weighted by atomic mass is 10.1. The van der Waals surface area contributed by atoms with Gasteiger partial charge in [-0.15, -0.1) is 0 Å². The summed E-state index contributed by atoms with van der Waals surface area (Å²) in [6.45, 7) is 0. The van der Waals surface area contributed by atoms with E-state index in [4.69, 9.17) is 16.2 Å². The van der Waals surface area contributed by atoms with Gasteiger partial charge < -0.3 is 21.5 Å². The summed E-state index contributed by atoms with van der Waals surface area (Å²) in [5, 5.41) is 3.13. The predicted molar refractivity (Wildman–Crippen MR) is 75.6 cm³/mol. The Morgan fingerprint density at radius 3 is 2.42 bits per heavy atom. The zero-order valence-corrected chi connectivity index (χ0v) is 10.5. The van der Waals surface area contributed by atoms with Gasteiger partial charge >= 0.3 is 0 Å². The quantitative estimate of drug-likeness (QED) is 0.732. The molecule has 0 unspecified atom stereocenters.